The van der Waals surface area contributed by atoms with Gasteiger partial charge in [-0.15, -0.1) is 6.58 Å². The van der Waals surface area contributed by atoms with E-state index >= 15 is 0 Å². The molecule has 15 heavy (non-hydrogen) atoms. The lowest BCUT2D eigenvalue weighted by molar-refractivity contribution is 0.337. The van der Waals surface area contributed by atoms with Gasteiger partial charge in [0.05, 0.1) is 6.61 Å². The van der Waals surface area contributed by atoms with E-state index in [0.717, 1.165) is 25.2 Å². The van der Waals surface area contributed by atoms with Crippen molar-refractivity contribution in [3.8, 4) is 5.75 Å². The second kappa shape index (κ2) is 5.59. The van der Waals surface area contributed by atoms with Gasteiger partial charge in [-0.3, -0.25) is 0 Å². The Hall–Kier alpha value is -1.24. The van der Waals surface area contributed by atoms with E-state index in [0.29, 0.717) is 0 Å². The highest BCUT2D eigenvalue weighted by molar-refractivity contribution is 5.36. The number of allylic oxidation sites excluding steroid dienone is 1. The van der Waals surface area contributed by atoms with Crippen molar-refractivity contribution in [3.05, 3.63) is 41.5 Å². The minimum absolute atomic E-state index is 0.727. The highest BCUT2D eigenvalue weighted by atomic mass is 16.5. The molecular formula is C14H20O. The van der Waals surface area contributed by atoms with Crippen LogP contribution in [0.1, 0.15) is 31.4 Å². The molecule has 0 amide bonds. The molecule has 0 bridgehead atoms. The van der Waals surface area contributed by atoms with Gasteiger partial charge in [-0.05, 0) is 50.8 Å². The number of aryl methyl sites for hydroxylation is 2. The molecule has 0 radical (unpaired) electrons. The molecule has 0 aromatic heterocycles. The number of hydrogen-bond donors (Lipinski definition) is 0. The fourth-order valence-corrected chi connectivity index (χ4v) is 1.47. The molecule has 1 rings (SSSR count). The van der Waals surface area contributed by atoms with Gasteiger partial charge < -0.3 is 4.74 Å². The zero-order valence-corrected chi connectivity index (χ0v) is 9.97. The largest absolute Gasteiger partial charge is 0.494 e. The van der Waals surface area contributed by atoms with Gasteiger partial charge in [0.25, 0.3) is 0 Å². The molecule has 0 fully saturated rings. The van der Waals surface area contributed by atoms with Gasteiger partial charge in [-0.2, -0.15) is 0 Å². The normalized spacial score (nSPS) is 10.1. The highest BCUT2D eigenvalue weighted by Gasteiger charge is 2.01. The SMILES string of the molecule is C=C(C)CCc1ccc(C)c(OCC)c1. The van der Waals surface area contributed by atoms with Crippen LogP contribution in [-0.2, 0) is 6.42 Å². The Labute approximate surface area is 92.8 Å². The van der Waals surface area contributed by atoms with Crippen molar-refractivity contribution < 1.29 is 4.74 Å². The molecule has 1 heteroatoms. The summed E-state index contributed by atoms with van der Waals surface area (Å²) in [5, 5.41) is 0. The number of rotatable bonds is 5. The zero-order valence-electron chi connectivity index (χ0n) is 9.97. The Morgan fingerprint density at radius 3 is 2.73 bits per heavy atom. The quantitative estimate of drug-likeness (QED) is 0.661. The van der Waals surface area contributed by atoms with Crippen LogP contribution in [0.4, 0.5) is 0 Å². The molecule has 0 aliphatic heterocycles. The third-order valence-electron chi connectivity index (χ3n) is 2.39. The van der Waals surface area contributed by atoms with Gasteiger partial charge in [0.1, 0.15) is 5.75 Å². The van der Waals surface area contributed by atoms with Crippen LogP contribution in [0.25, 0.3) is 0 Å². The maximum Gasteiger partial charge on any atom is 0.122 e. The summed E-state index contributed by atoms with van der Waals surface area (Å²) in [4.78, 5) is 0. The van der Waals surface area contributed by atoms with E-state index in [1.54, 1.807) is 0 Å². The number of benzene rings is 1. The summed E-state index contributed by atoms with van der Waals surface area (Å²) >= 11 is 0. The average Bonchev–Trinajstić information content (AvgIpc) is 2.19. The fourth-order valence-electron chi connectivity index (χ4n) is 1.47. The summed E-state index contributed by atoms with van der Waals surface area (Å²) in [6, 6.07) is 6.43. The van der Waals surface area contributed by atoms with Crippen LogP contribution >= 0.6 is 0 Å². The first kappa shape index (κ1) is 11.8. The first-order valence-electron chi connectivity index (χ1n) is 5.50. The van der Waals surface area contributed by atoms with E-state index in [-0.39, 0.29) is 0 Å². The monoisotopic (exact) mass is 204 g/mol. The van der Waals surface area contributed by atoms with Crippen LogP contribution in [0.15, 0.2) is 30.4 Å². The van der Waals surface area contributed by atoms with E-state index in [2.05, 4.69) is 38.6 Å². The molecule has 0 aliphatic carbocycles. The Morgan fingerprint density at radius 2 is 2.13 bits per heavy atom. The van der Waals surface area contributed by atoms with E-state index in [1.165, 1.54) is 16.7 Å². The summed E-state index contributed by atoms with van der Waals surface area (Å²) in [5.74, 6) is 1.01. The van der Waals surface area contributed by atoms with Gasteiger partial charge in [0.2, 0.25) is 0 Å². The maximum absolute atomic E-state index is 5.56. The molecule has 1 nitrogen and oxygen atoms in total. The second-order valence-electron chi connectivity index (χ2n) is 3.99. The highest BCUT2D eigenvalue weighted by Crippen LogP contribution is 2.20. The van der Waals surface area contributed by atoms with Crippen molar-refractivity contribution in [1.82, 2.24) is 0 Å². The third kappa shape index (κ3) is 3.78. The van der Waals surface area contributed by atoms with Gasteiger partial charge in [-0.25, -0.2) is 0 Å². The van der Waals surface area contributed by atoms with E-state index in [1.807, 2.05) is 6.92 Å². The molecule has 0 spiro atoms. The Morgan fingerprint density at radius 1 is 1.40 bits per heavy atom. The van der Waals surface area contributed by atoms with Gasteiger partial charge in [0.15, 0.2) is 0 Å². The molecule has 0 aliphatic rings. The van der Waals surface area contributed by atoms with Crippen LogP contribution in [-0.4, -0.2) is 6.61 Å². The van der Waals surface area contributed by atoms with Crippen molar-refractivity contribution >= 4 is 0 Å². The molecule has 1 aromatic carbocycles. The molecule has 0 unspecified atom stereocenters. The lowest BCUT2D eigenvalue weighted by Crippen LogP contribution is -1.95. The summed E-state index contributed by atoms with van der Waals surface area (Å²) in [5.41, 5.74) is 3.76. The summed E-state index contributed by atoms with van der Waals surface area (Å²) < 4.78 is 5.56. The predicted octanol–water partition coefficient (Wildman–Crippen LogP) is 3.90. The first-order valence-corrected chi connectivity index (χ1v) is 5.50. The second-order valence-corrected chi connectivity index (χ2v) is 3.99. The minimum atomic E-state index is 0.727. The Bertz CT molecular complexity index is 339. The van der Waals surface area contributed by atoms with Crippen LogP contribution in [0.2, 0.25) is 0 Å². The fraction of sp³-hybridized carbons (Fsp3) is 0.429. The molecule has 82 valence electrons. The third-order valence-corrected chi connectivity index (χ3v) is 2.39. The van der Waals surface area contributed by atoms with Crippen LogP contribution in [0.5, 0.6) is 5.75 Å². The molecule has 0 N–H and O–H groups in total. The number of ether oxygens (including phenoxy) is 1. The van der Waals surface area contributed by atoms with Gasteiger partial charge in [-0.1, -0.05) is 17.7 Å². The van der Waals surface area contributed by atoms with E-state index in [9.17, 15) is 0 Å². The molecule has 0 saturated carbocycles. The topological polar surface area (TPSA) is 9.23 Å². The van der Waals surface area contributed by atoms with Crippen molar-refractivity contribution in [1.29, 1.82) is 0 Å². The molecule has 1 aromatic rings. The van der Waals surface area contributed by atoms with Crippen LogP contribution in [0, 0.1) is 6.92 Å². The molecule has 0 saturated heterocycles. The van der Waals surface area contributed by atoms with Crippen molar-refractivity contribution in [3.63, 3.8) is 0 Å². The molecule has 0 atom stereocenters. The first-order chi connectivity index (χ1) is 7.13. The molecular weight excluding hydrogens is 184 g/mol. The number of hydrogen-bond acceptors (Lipinski definition) is 1. The van der Waals surface area contributed by atoms with Crippen LogP contribution in [0.3, 0.4) is 0 Å². The lowest BCUT2D eigenvalue weighted by Gasteiger charge is -2.09. The molecule has 0 heterocycles. The van der Waals surface area contributed by atoms with E-state index < -0.39 is 0 Å². The predicted molar refractivity (Wildman–Crippen MR) is 65.5 cm³/mol. The lowest BCUT2D eigenvalue weighted by atomic mass is 10.0. The smallest absolute Gasteiger partial charge is 0.122 e. The van der Waals surface area contributed by atoms with Crippen molar-refractivity contribution in [2.45, 2.75) is 33.6 Å². The van der Waals surface area contributed by atoms with Gasteiger partial charge >= 0.3 is 0 Å². The average molecular weight is 204 g/mol. The van der Waals surface area contributed by atoms with Crippen molar-refractivity contribution in [2.75, 3.05) is 6.61 Å². The maximum atomic E-state index is 5.56. The minimum Gasteiger partial charge on any atom is -0.494 e. The summed E-state index contributed by atoms with van der Waals surface area (Å²) in [7, 11) is 0. The summed E-state index contributed by atoms with van der Waals surface area (Å²) in [6.07, 6.45) is 2.10. The van der Waals surface area contributed by atoms with Crippen LogP contribution < -0.4 is 4.74 Å². The standard InChI is InChI=1S/C14H20O/c1-5-15-14-10-13(8-6-11(2)3)9-7-12(14)4/h7,9-10H,2,5-6,8H2,1,3-4H3. The zero-order chi connectivity index (χ0) is 11.3. The Balaban J connectivity index is 2.73. The van der Waals surface area contributed by atoms with E-state index in [4.69, 9.17) is 4.74 Å². The van der Waals surface area contributed by atoms with Crippen molar-refractivity contribution in [2.24, 2.45) is 0 Å². The van der Waals surface area contributed by atoms with Gasteiger partial charge in [0, 0.05) is 0 Å². The summed E-state index contributed by atoms with van der Waals surface area (Å²) in [6.45, 7) is 10.8. The Kier molecular flexibility index (Phi) is 4.41.